The average Bonchev–Trinajstić information content (AvgIpc) is 3.03. The van der Waals surface area contributed by atoms with Gasteiger partial charge < -0.3 is 10.6 Å². The molecule has 1 aromatic carbocycles. The third-order valence-corrected chi connectivity index (χ3v) is 4.56. The molecule has 23 heavy (non-hydrogen) atoms. The topological polar surface area (TPSA) is 44.9 Å². The van der Waals surface area contributed by atoms with Crippen LogP contribution in [0.5, 0.6) is 0 Å². The lowest BCUT2D eigenvalue weighted by atomic mass is 10.1. The van der Waals surface area contributed by atoms with Crippen LogP contribution in [0.25, 0.3) is 0 Å². The lowest BCUT2D eigenvalue weighted by Gasteiger charge is -2.27. The van der Waals surface area contributed by atoms with Crippen LogP contribution in [0.3, 0.4) is 0 Å². The first-order chi connectivity index (χ1) is 10.7. The molecule has 2 N–H and O–H groups in total. The van der Waals surface area contributed by atoms with Crippen LogP contribution in [0.1, 0.15) is 38.3 Å². The van der Waals surface area contributed by atoms with Crippen molar-refractivity contribution in [1.29, 1.82) is 0 Å². The molecule has 130 valence electrons. The van der Waals surface area contributed by atoms with E-state index < -0.39 is 0 Å². The summed E-state index contributed by atoms with van der Waals surface area (Å²) in [4.78, 5) is 9.23. The van der Waals surface area contributed by atoms with E-state index in [-0.39, 0.29) is 30.0 Å². The van der Waals surface area contributed by atoms with Crippen LogP contribution in [0, 0.1) is 0 Å². The highest BCUT2D eigenvalue weighted by Crippen LogP contribution is 2.27. The molecule has 6 heteroatoms. The van der Waals surface area contributed by atoms with E-state index in [9.17, 15) is 0 Å². The molecule has 2 rings (SSSR count). The summed E-state index contributed by atoms with van der Waals surface area (Å²) in [5, 5.41) is 0.780. The van der Waals surface area contributed by atoms with Crippen molar-refractivity contribution in [2.75, 3.05) is 32.7 Å². The lowest BCUT2D eigenvalue weighted by Crippen LogP contribution is -2.38. The first-order valence-corrected chi connectivity index (χ1v) is 8.57. The molecule has 0 bridgehead atoms. The van der Waals surface area contributed by atoms with Crippen LogP contribution < -0.4 is 5.73 Å². The smallest absolute Gasteiger partial charge is 0.191 e. The Hall–Kier alpha value is -0.530. The second-order valence-corrected chi connectivity index (χ2v) is 6.12. The minimum Gasteiger partial charge on any atom is -0.370 e. The lowest BCUT2D eigenvalue weighted by molar-refractivity contribution is 0.251. The summed E-state index contributed by atoms with van der Waals surface area (Å²) in [6.07, 6.45) is 2.51. The molecular weight excluding hydrogens is 423 g/mol. The molecule has 1 aliphatic rings. The Bertz CT molecular complexity index is 499. The summed E-state index contributed by atoms with van der Waals surface area (Å²) in [7, 11) is 0. The second-order valence-electron chi connectivity index (χ2n) is 5.69. The largest absolute Gasteiger partial charge is 0.370 e. The van der Waals surface area contributed by atoms with Crippen LogP contribution in [0.4, 0.5) is 0 Å². The van der Waals surface area contributed by atoms with E-state index in [1.807, 2.05) is 18.2 Å². The molecule has 0 spiro atoms. The summed E-state index contributed by atoms with van der Waals surface area (Å²) in [6, 6.07) is 8.37. The number of nitrogens with two attached hydrogens (primary N) is 1. The average molecular weight is 451 g/mol. The minimum absolute atomic E-state index is 0. The van der Waals surface area contributed by atoms with Crippen LogP contribution in [-0.4, -0.2) is 48.5 Å². The number of nitrogens with zero attached hydrogens (tertiary/aromatic N) is 3. The molecule has 0 aromatic heterocycles. The van der Waals surface area contributed by atoms with Gasteiger partial charge in [-0.15, -0.1) is 24.0 Å². The van der Waals surface area contributed by atoms with E-state index in [1.54, 1.807) is 0 Å². The van der Waals surface area contributed by atoms with Crippen molar-refractivity contribution < 1.29 is 0 Å². The molecule has 1 saturated heterocycles. The number of hydrogen-bond donors (Lipinski definition) is 1. The van der Waals surface area contributed by atoms with E-state index in [0.29, 0.717) is 12.5 Å². The van der Waals surface area contributed by atoms with Crippen molar-refractivity contribution in [3.63, 3.8) is 0 Å². The molecule has 0 aliphatic carbocycles. The fourth-order valence-electron chi connectivity index (χ4n) is 3.03. The van der Waals surface area contributed by atoms with Crippen LogP contribution in [0.15, 0.2) is 29.3 Å². The maximum absolute atomic E-state index is 6.17. The van der Waals surface area contributed by atoms with Gasteiger partial charge in [0.15, 0.2) is 5.96 Å². The van der Waals surface area contributed by atoms with E-state index in [1.165, 1.54) is 18.4 Å². The van der Waals surface area contributed by atoms with Crippen molar-refractivity contribution in [3.05, 3.63) is 34.9 Å². The zero-order chi connectivity index (χ0) is 15.9. The van der Waals surface area contributed by atoms with Crippen LogP contribution >= 0.6 is 35.6 Å². The van der Waals surface area contributed by atoms with Crippen molar-refractivity contribution in [2.45, 2.75) is 32.7 Å². The maximum atomic E-state index is 6.17. The Kier molecular flexibility index (Phi) is 9.24. The van der Waals surface area contributed by atoms with Crippen molar-refractivity contribution in [1.82, 2.24) is 9.80 Å². The highest BCUT2D eigenvalue weighted by atomic mass is 127. The van der Waals surface area contributed by atoms with Crippen molar-refractivity contribution in [2.24, 2.45) is 10.7 Å². The Morgan fingerprint density at radius 3 is 2.52 bits per heavy atom. The quantitative estimate of drug-likeness (QED) is 0.408. The van der Waals surface area contributed by atoms with Crippen LogP contribution in [0.2, 0.25) is 5.02 Å². The summed E-state index contributed by atoms with van der Waals surface area (Å²) in [5.41, 5.74) is 7.35. The van der Waals surface area contributed by atoms with Gasteiger partial charge in [-0.05, 0) is 57.5 Å². The number of guanidine groups is 1. The number of halogens is 2. The molecule has 1 atom stereocenters. The first-order valence-electron chi connectivity index (χ1n) is 8.20. The highest BCUT2D eigenvalue weighted by molar-refractivity contribution is 14.0. The standard InChI is InChI=1S/C17H27ClN4.HI/c1-3-21(4-2)17(19)20-13-16(22-10-5-6-11-22)14-8-7-9-15(18)12-14;/h7-9,12,16H,3-6,10-11,13H2,1-2H3,(H2,19,20);1H. The van der Waals surface area contributed by atoms with Gasteiger partial charge in [0.25, 0.3) is 0 Å². The van der Waals surface area contributed by atoms with E-state index in [4.69, 9.17) is 17.3 Å². The third kappa shape index (κ3) is 5.80. The van der Waals surface area contributed by atoms with Gasteiger partial charge in [-0.3, -0.25) is 9.89 Å². The molecule has 0 radical (unpaired) electrons. The predicted molar refractivity (Wildman–Crippen MR) is 110 cm³/mol. The van der Waals surface area contributed by atoms with Gasteiger partial charge in [0.1, 0.15) is 0 Å². The molecule has 4 nitrogen and oxygen atoms in total. The zero-order valence-electron chi connectivity index (χ0n) is 14.0. The van der Waals surface area contributed by atoms with E-state index >= 15 is 0 Å². The number of likely N-dealkylation sites (tertiary alicyclic amines) is 1. The van der Waals surface area contributed by atoms with Gasteiger partial charge in [-0.1, -0.05) is 23.7 Å². The van der Waals surface area contributed by atoms with Gasteiger partial charge in [-0.2, -0.15) is 0 Å². The predicted octanol–water partition coefficient (Wildman–Crippen LogP) is 3.75. The fraction of sp³-hybridized carbons (Fsp3) is 0.588. The van der Waals surface area contributed by atoms with Gasteiger partial charge in [-0.25, -0.2) is 0 Å². The Morgan fingerprint density at radius 2 is 1.96 bits per heavy atom. The maximum Gasteiger partial charge on any atom is 0.191 e. The monoisotopic (exact) mass is 450 g/mol. The number of benzene rings is 1. The fourth-order valence-corrected chi connectivity index (χ4v) is 3.23. The number of rotatable bonds is 6. The first kappa shape index (κ1) is 20.5. The third-order valence-electron chi connectivity index (χ3n) is 4.33. The van der Waals surface area contributed by atoms with Crippen molar-refractivity contribution >= 4 is 41.5 Å². The molecule has 1 fully saturated rings. The summed E-state index contributed by atoms with van der Waals surface area (Å²) in [6.45, 7) is 8.90. The number of aliphatic imine (C=N–C) groups is 1. The normalized spacial score (nSPS) is 16.9. The Labute approximate surface area is 162 Å². The molecular formula is C17H28ClIN4. The van der Waals surface area contributed by atoms with E-state index in [2.05, 4.69) is 34.7 Å². The highest BCUT2D eigenvalue weighted by Gasteiger charge is 2.23. The second kappa shape index (κ2) is 10.4. The molecule has 1 aromatic rings. The van der Waals surface area contributed by atoms with Gasteiger partial charge in [0, 0.05) is 18.1 Å². The number of hydrogen-bond acceptors (Lipinski definition) is 2. The molecule has 0 saturated carbocycles. The van der Waals surface area contributed by atoms with E-state index in [0.717, 1.165) is 31.2 Å². The van der Waals surface area contributed by atoms with Gasteiger partial charge in [0.05, 0.1) is 12.6 Å². The SMILES string of the molecule is CCN(CC)C(N)=NCC(c1cccc(Cl)c1)N1CCCC1.I. The minimum atomic E-state index is 0. The summed E-state index contributed by atoms with van der Waals surface area (Å²) >= 11 is 6.17. The molecule has 1 unspecified atom stereocenters. The zero-order valence-corrected chi connectivity index (χ0v) is 17.1. The molecule has 0 amide bonds. The Balaban J connectivity index is 0.00000264. The summed E-state index contributed by atoms with van der Waals surface area (Å²) < 4.78 is 0. The Morgan fingerprint density at radius 1 is 1.30 bits per heavy atom. The summed E-state index contributed by atoms with van der Waals surface area (Å²) in [5.74, 6) is 0.635. The molecule has 1 aliphatic heterocycles. The van der Waals surface area contributed by atoms with Gasteiger partial charge in [0.2, 0.25) is 0 Å². The van der Waals surface area contributed by atoms with Gasteiger partial charge >= 0.3 is 0 Å². The molecule has 1 heterocycles. The van der Waals surface area contributed by atoms with Crippen LogP contribution in [-0.2, 0) is 0 Å². The van der Waals surface area contributed by atoms with Crippen molar-refractivity contribution in [3.8, 4) is 0 Å².